The van der Waals surface area contributed by atoms with Crippen LogP contribution in [0.5, 0.6) is 0 Å². The summed E-state index contributed by atoms with van der Waals surface area (Å²) in [5.41, 5.74) is 5.38. The average Bonchev–Trinajstić information content (AvgIpc) is 2.22. The zero-order valence-electron chi connectivity index (χ0n) is 10.1. The van der Waals surface area contributed by atoms with Crippen molar-refractivity contribution in [2.24, 2.45) is 11.7 Å². The molecule has 0 aromatic rings. The van der Waals surface area contributed by atoms with Crippen LogP contribution in [0.15, 0.2) is 0 Å². The molecule has 0 spiro atoms. The highest BCUT2D eigenvalue weighted by Crippen LogP contribution is 2.31. The number of carbonyl (C=O) groups is 1. The van der Waals surface area contributed by atoms with E-state index in [1.165, 1.54) is 0 Å². The Morgan fingerprint density at radius 1 is 1.53 bits per heavy atom. The fraction of sp³-hybridized carbons (Fsp3) is 0.917. The molecule has 0 bridgehead atoms. The van der Waals surface area contributed by atoms with Gasteiger partial charge in [0, 0.05) is 0 Å². The molecule has 0 amide bonds. The first-order valence-electron chi connectivity index (χ1n) is 5.98. The number of carbonyl (C=O) groups excluding carboxylic acids is 1. The predicted octanol–water partition coefficient (Wildman–Crippen LogP) is 2.24. The van der Waals surface area contributed by atoms with Gasteiger partial charge in [0.2, 0.25) is 0 Å². The maximum atomic E-state index is 11.8. The summed E-state index contributed by atoms with van der Waals surface area (Å²) in [6.45, 7) is 6.12. The summed E-state index contributed by atoms with van der Waals surface area (Å²) in [7, 11) is 0. The molecule has 1 atom stereocenters. The van der Waals surface area contributed by atoms with E-state index in [2.05, 4.69) is 6.92 Å². The van der Waals surface area contributed by atoms with E-state index in [1.807, 2.05) is 13.8 Å². The van der Waals surface area contributed by atoms with Crippen LogP contribution in [-0.2, 0) is 9.53 Å². The van der Waals surface area contributed by atoms with Crippen molar-refractivity contribution in [3.63, 3.8) is 0 Å². The minimum atomic E-state index is -0.712. The second-order valence-electron chi connectivity index (χ2n) is 4.96. The van der Waals surface area contributed by atoms with Crippen LogP contribution in [0.1, 0.15) is 52.9 Å². The lowest BCUT2D eigenvalue weighted by atomic mass is 9.78. The molecule has 0 radical (unpaired) electrons. The first kappa shape index (κ1) is 12.5. The van der Waals surface area contributed by atoms with E-state index in [9.17, 15) is 4.79 Å². The van der Waals surface area contributed by atoms with E-state index < -0.39 is 5.54 Å². The van der Waals surface area contributed by atoms with Crippen LogP contribution < -0.4 is 5.73 Å². The van der Waals surface area contributed by atoms with Crippen molar-refractivity contribution >= 4 is 5.97 Å². The zero-order valence-corrected chi connectivity index (χ0v) is 10.1. The minimum Gasteiger partial charge on any atom is -0.461 e. The van der Waals surface area contributed by atoms with Gasteiger partial charge in [0.15, 0.2) is 0 Å². The van der Waals surface area contributed by atoms with Crippen molar-refractivity contribution in [2.75, 3.05) is 0 Å². The summed E-state index contributed by atoms with van der Waals surface area (Å²) in [4.78, 5) is 11.8. The number of nitrogens with two attached hydrogens (primary N) is 1. The smallest absolute Gasteiger partial charge is 0.326 e. The van der Waals surface area contributed by atoms with Gasteiger partial charge in [0.25, 0.3) is 0 Å². The maximum absolute atomic E-state index is 11.8. The summed E-state index contributed by atoms with van der Waals surface area (Å²) in [5, 5.41) is 0. The molecule has 15 heavy (non-hydrogen) atoms. The van der Waals surface area contributed by atoms with E-state index >= 15 is 0 Å². The number of ether oxygens (including phenoxy) is 1. The minimum absolute atomic E-state index is 0.0164. The van der Waals surface area contributed by atoms with Crippen LogP contribution in [0.2, 0.25) is 0 Å². The highest BCUT2D eigenvalue weighted by Gasteiger charge is 2.39. The molecule has 0 heterocycles. The van der Waals surface area contributed by atoms with Gasteiger partial charge < -0.3 is 10.5 Å². The summed E-state index contributed by atoms with van der Waals surface area (Å²) < 4.78 is 5.31. The van der Waals surface area contributed by atoms with Gasteiger partial charge in [-0.15, -0.1) is 0 Å². The van der Waals surface area contributed by atoms with Gasteiger partial charge in [0.1, 0.15) is 5.54 Å². The fourth-order valence-corrected chi connectivity index (χ4v) is 1.86. The van der Waals surface area contributed by atoms with Crippen molar-refractivity contribution in [2.45, 2.75) is 64.5 Å². The molecule has 88 valence electrons. The molecule has 1 aliphatic carbocycles. The Balaban J connectivity index is 2.50. The molecular formula is C12H23NO2. The van der Waals surface area contributed by atoms with Crippen molar-refractivity contribution in [1.82, 2.24) is 0 Å². The first-order valence-corrected chi connectivity index (χ1v) is 5.98. The van der Waals surface area contributed by atoms with E-state index in [-0.39, 0.29) is 12.1 Å². The molecule has 0 aliphatic heterocycles. The fourth-order valence-electron chi connectivity index (χ4n) is 1.86. The van der Waals surface area contributed by atoms with E-state index in [1.54, 1.807) is 0 Å². The Morgan fingerprint density at radius 2 is 2.07 bits per heavy atom. The molecular weight excluding hydrogens is 190 g/mol. The lowest BCUT2D eigenvalue weighted by Crippen LogP contribution is -2.52. The van der Waals surface area contributed by atoms with E-state index in [4.69, 9.17) is 10.5 Å². The molecule has 2 N–H and O–H groups in total. The van der Waals surface area contributed by atoms with Gasteiger partial charge in [-0.25, -0.2) is 0 Å². The molecule has 1 fully saturated rings. The molecule has 1 unspecified atom stereocenters. The Bertz CT molecular complexity index is 220. The lowest BCUT2D eigenvalue weighted by Gasteiger charge is -2.34. The number of hydrogen-bond donors (Lipinski definition) is 1. The lowest BCUT2D eigenvalue weighted by molar-refractivity contribution is -0.156. The van der Waals surface area contributed by atoms with Crippen molar-refractivity contribution < 1.29 is 9.53 Å². The SMILES string of the molecule is CCC(C)OC(=O)C1(N)CCC(C)CC1. The zero-order chi connectivity index (χ0) is 11.5. The molecule has 1 aliphatic rings. The highest BCUT2D eigenvalue weighted by molar-refractivity contribution is 5.80. The second kappa shape index (κ2) is 4.97. The summed E-state index contributed by atoms with van der Waals surface area (Å²) in [6.07, 6.45) is 4.43. The average molecular weight is 213 g/mol. The molecule has 1 rings (SSSR count). The van der Waals surface area contributed by atoms with Crippen LogP contribution in [-0.4, -0.2) is 17.6 Å². The summed E-state index contributed by atoms with van der Waals surface area (Å²) in [6, 6.07) is 0. The third-order valence-corrected chi connectivity index (χ3v) is 3.46. The van der Waals surface area contributed by atoms with Crippen LogP contribution in [0.4, 0.5) is 0 Å². The van der Waals surface area contributed by atoms with Gasteiger partial charge in [-0.3, -0.25) is 4.79 Å². The standard InChI is InChI=1S/C12H23NO2/c1-4-10(3)15-11(14)12(13)7-5-9(2)6-8-12/h9-10H,4-8,13H2,1-3H3. The van der Waals surface area contributed by atoms with Gasteiger partial charge in [-0.05, 0) is 44.9 Å². The first-order chi connectivity index (χ1) is 6.98. The molecule has 1 saturated carbocycles. The summed E-state index contributed by atoms with van der Waals surface area (Å²) in [5.74, 6) is 0.488. The maximum Gasteiger partial charge on any atom is 0.326 e. The van der Waals surface area contributed by atoms with Crippen molar-refractivity contribution in [3.05, 3.63) is 0 Å². The Morgan fingerprint density at radius 3 is 2.53 bits per heavy atom. The highest BCUT2D eigenvalue weighted by atomic mass is 16.5. The normalized spacial score (nSPS) is 33.5. The van der Waals surface area contributed by atoms with Crippen LogP contribution in [0, 0.1) is 5.92 Å². The van der Waals surface area contributed by atoms with Gasteiger partial charge in [-0.2, -0.15) is 0 Å². The monoisotopic (exact) mass is 213 g/mol. The topological polar surface area (TPSA) is 52.3 Å². The molecule has 0 aromatic carbocycles. The Kier molecular flexibility index (Phi) is 4.14. The van der Waals surface area contributed by atoms with E-state index in [0.29, 0.717) is 5.92 Å². The number of rotatable bonds is 3. The van der Waals surface area contributed by atoms with E-state index in [0.717, 1.165) is 32.1 Å². The molecule has 0 aromatic heterocycles. The third kappa shape index (κ3) is 3.20. The molecule has 3 heteroatoms. The Hall–Kier alpha value is -0.570. The van der Waals surface area contributed by atoms with Crippen molar-refractivity contribution in [3.8, 4) is 0 Å². The Labute approximate surface area is 92.4 Å². The van der Waals surface area contributed by atoms with Crippen LogP contribution >= 0.6 is 0 Å². The molecule has 3 nitrogen and oxygen atoms in total. The second-order valence-corrected chi connectivity index (χ2v) is 4.96. The number of esters is 1. The molecule has 0 saturated heterocycles. The largest absolute Gasteiger partial charge is 0.461 e. The predicted molar refractivity (Wildman–Crippen MR) is 60.4 cm³/mol. The van der Waals surface area contributed by atoms with Crippen LogP contribution in [0.3, 0.4) is 0 Å². The van der Waals surface area contributed by atoms with Gasteiger partial charge in [0.05, 0.1) is 6.10 Å². The van der Waals surface area contributed by atoms with Gasteiger partial charge in [-0.1, -0.05) is 13.8 Å². The quantitative estimate of drug-likeness (QED) is 0.731. The van der Waals surface area contributed by atoms with Gasteiger partial charge >= 0.3 is 5.97 Å². The third-order valence-electron chi connectivity index (χ3n) is 3.46. The van der Waals surface area contributed by atoms with Crippen molar-refractivity contribution in [1.29, 1.82) is 0 Å². The van der Waals surface area contributed by atoms with Crippen LogP contribution in [0.25, 0.3) is 0 Å². The summed E-state index contributed by atoms with van der Waals surface area (Å²) >= 11 is 0. The number of hydrogen-bond acceptors (Lipinski definition) is 3.